The lowest BCUT2D eigenvalue weighted by atomic mass is 9.99. The van der Waals surface area contributed by atoms with Gasteiger partial charge in [0.1, 0.15) is 0 Å². The fraction of sp³-hybridized carbons (Fsp3) is 0.750. The van der Waals surface area contributed by atoms with Gasteiger partial charge in [0.05, 0.1) is 10.7 Å². The molecule has 1 saturated heterocycles. The molecule has 0 amide bonds. The van der Waals surface area contributed by atoms with Crippen LogP contribution in [0.15, 0.2) is 0 Å². The second-order valence-electron chi connectivity index (χ2n) is 4.67. The van der Waals surface area contributed by atoms with Gasteiger partial charge in [0.15, 0.2) is 0 Å². The summed E-state index contributed by atoms with van der Waals surface area (Å²) in [4.78, 5) is 6.24. The fourth-order valence-electron chi connectivity index (χ4n) is 2.21. The molecule has 1 aliphatic heterocycles. The summed E-state index contributed by atoms with van der Waals surface area (Å²) in [5.41, 5.74) is 1.31. The van der Waals surface area contributed by atoms with Crippen molar-refractivity contribution >= 4 is 11.3 Å². The van der Waals surface area contributed by atoms with Crippen molar-refractivity contribution in [3.63, 3.8) is 0 Å². The van der Waals surface area contributed by atoms with Crippen molar-refractivity contribution in [1.82, 2.24) is 10.3 Å². The molecule has 0 aliphatic carbocycles. The molecule has 0 aromatic carbocycles. The van der Waals surface area contributed by atoms with Crippen LogP contribution in [0.1, 0.15) is 54.1 Å². The van der Waals surface area contributed by atoms with E-state index in [1.807, 2.05) is 11.3 Å². The van der Waals surface area contributed by atoms with Gasteiger partial charge in [-0.3, -0.25) is 0 Å². The van der Waals surface area contributed by atoms with Crippen molar-refractivity contribution in [2.45, 2.75) is 45.4 Å². The lowest BCUT2D eigenvalue weighted by Gasteiger charge is -2.20. The standard InChI is InChI=1S/C12H20N2S/c1-8(2)11-9(3)15-12(14-11)10-4-6-13-7-5-10/h8,10,13H,4-7H2,1-3H3. The molecule has 0 spiro atoms. The highest BCUT2D eigenvalue weighted by molar-refractivity contribution is 7.11. The molecular formula is C12H20N2S. The van der Waals surface area contributed by atoms with Gasteiger partial charge in [-0.15, -0.1) is 11.3 Å². The van der Waals surface area contributed by atoms with Crippen LogP contribution in [0.4, 0.5) is 0 Å². The first-order valence-corrected chi connectivity index (χ1v) is 6.68. The average Bonchev–Trinajstić information content (AvgIpc) is 2.62. The van der Waals surface area contributed by atoms with Crippen molar-refractivity contribution in [2.75, 3.05) is 13.1 Å². The summed E-state index contributed by atoms with van der Waals surface area (Å²) in [6.07, 6.45) is 2.51. The van der Waals surface area contributed by atoms with Gasteiger partial charge in [0.25, 0.3) is 0 Å². The SMILES string of the molecule is Cc1sc(C2CCNCC2)nc1C(C)C. The molecule has 84 valence electrons. The summed E-state index contributed by atoms with van der Waals surface area (Å²) in [7, 11) is 0. The van der Waals surface area contributed by atoms with Crippen molar-refractivity contribution in [3.05, 3.63) is 15.6 Å². The summed E-state index contributed by atoms with van der Waals surface area (Å²) in [6, 6.07) is 0. The Bertz CT molecular complexity index is 324. The van der Waals surface area contributed by atoms with Gasteiger partial charge in [-0.1, -0.05) is 13.8 Å². The van der Waals surface area contributed by atoms with E-state index in [4.69, 9.17) is 4.98 Å². The van der Waals surface area contributed by atoms with Gasteiger partial charge >= 0.3 is 0 Å². The maximum atomic E-state index is 4.82. The Morgan fingerprint density at radius 3 is 2.53 bits per heavy atom. The third kappa shape index (κ3) is 2.40. The number of rotatable bonds is 2. The fourth-order valence-corrected chi connectivity index (χ4v) is 3.45. The molecule has 0 saturated carbocycles. The van der Waals surface area contributed by atoms with Crippen LogP contribution in [0.2, 0.25) is 0 Å². The molecule has 1 aliphatic rings. The predicted octanol–water partition coefficient (Wildman–Crippen LogP) is 3.04. The average molecular weight is 224 g/mol. The van der Waals surface area contributed by atoms with Crippen LogP contribution in [0.25, 0.3) is 0 Å². The zero-order chi connectivity index (χ0) is 10.8. The molecule has 2 nitrogen and oxygen atoms in total. The topological polar surface area (TPSA) is 24.9 Å². The maximum Gasteiger partial charge on any atom is 0.0963 e. The lowest BCUT2D eigenvalue weighted by Crippen LogP contribution is -2.26. The molecule has 1 aromatic rings. The third-order valence-corrected chi connectivity index (χ3v) is 4.23. The highest BCUT2D eigenvalue weighted by Gasteiger charge is 2.20. The van der Waals surface area contributed by atoms with Gasteiger partial charge in [0, 0.05) is 10.8 Å². The highest BCUT2D eigenvalue weighted by atomic mass is 32.1. The second-order valence-corrected chi connectivity index (χ2v) is 5.91. The summed E-state index contributed by atoms with van der Waals surface area (Å²) < 4.78 is 0. The maximum absolute atomic E-state index is 4.82. The molecule has 0 radical (unpaired) electrons. The Balaban J connectivity index is 2.17. The molecule has 3 heteroatoms. The van der Waals surface area contributed by atoms with Gasteiger partial charge in [-0.05, 0) is 38.8 Å². The molecule has 2 rings (SSSR count). The summed E-state index contributed by atoms with van der Waals surface area (Å²) in [5, 5.41) is 4.78. The first-order chi connectivity index (χ1) is 7.18. The number of hydrogen-bond acceptors (Lipinski definition) is 3. The number of nitrogens with zero attached hydrogens (tertiary/aromatic N) is 1. The van der Waals surface area contributed by atoms with E-state index >= 15 is 0 Å². The molecule has 15 heavy (non-hydrogen) atoms. The molecule has 0 bridgehead atoms. The number of thiazole rings is 1. The van der Waals surface area contributed by atoms with E-state index in [2.05, 4.69) is 26.1 Å². The van der Waals surface area contributed by atoms with E-state index in [-0.39, 0.29) is 0 Å². The van der Waals surface area contributed by atoms with Crippen molar-refractivity contribution in [3.8, 4) is 0 Å². The lowest BCUT2D eigenvalue weighted by molar-refractivity contribution is 0.458. The van der Waals surface area contributed by atoms with E-state index in [0.717, 1.165) is 13.1 Å². The molecule has 2 heterocycles. The normalized spacial score (nSPS) is 18.7. The first-order valence-electron chi connectivity index (χ1n) is 5.86. The summed E-state index contributed by atoms with van der Waals surface area (Å²) in [6.45, 7) is 8.97. The summed E-state index contributed by atoms with van der Waals surface area (Å²) >= 11 is 1.91. The van der Waals surface area contributed by atoms with Crippen LogP contribution >= 0.6 is 11.3 Å². The quantitative estimate of drug-likeness (QED) is 0.835. The Labute approximate surface area is 96.1 Å². The number of hydrogen-bond donors (Lipinski definition) is 1. The van der Waals surface area contributed by atoms with Gasteiger partial charge in [0.2, 0.25) is 0 Å². The smallest absolute Gasteiger partial charge is 0.0963 e. The predicted molar refractivity (Wildman–Crippen MR) is 65.8 cm³/mol. The van der Waals surface area contributed by atoms with Crippen molar-refractivity contribution in [1.29, 1.82) is 0 Å². The molecule has 0 unspecified atom stereocenters. The van der Waals surface area contributed by atoms with Gasteiger partial charge in [-0.2, -0.15) is 0 Å². The minimum atomic E-state index is 0.566. The van der Waals surface area contributed by atoms with Crippen molar-refractivity contribution < 1.29 is 0 Å². The van der Waals surface area contributed by atoms with E-state index in [1.54, 1.807) is 0 Å². The monoisotopic (exact) mass is 224 g/mol. The van der Waals surface area contributed by atoms with E-state index in [0.29, 0.717) is 11.8 Å². The van der Waals surface area contributed by atoms with Crippen molar-refractivity contribution in [2.24, 2.45) is 0 Å². The summed E-state index contributed by atoms with van der Waals surface area (Å²) in [5.74, 6) is 1.28. The first kappa shape index (κ1) is 11.1. The third-order valence-electron chi connectivity index (χ3n) is 3.08. The highest BCUT2D eigenvalue weighted by Crippen LogP contribution is 2.32. The zero-order valence-electron chi connectivity index (χ0n) is 9.84. The van der Waals surface area contributed by atoms with Gasteiger partial charge in [-0.25, -0.2) is 4.98 Å². The number of piperidine rings is 1. The van der Waals surface area contributed by atoms with E-state index in [9.17, 15) is 0 Å². The van der Waals surface area contributed by atoms with Crippen LogP contribution < -0.4 is 5.32 Å². The minimum absolute atomic E-state index is 0.566. The molecule has 1 N–H and O–H groups in total. The number of nitrogens with one attached hydrogen (secondary N) is 1. The van der Waals surface area contributed by atoms with Crippen LogP contribution in [0, 0.1) is 6.92 Å². The Kier molecular flexibility index (Phi) is 3.42. The molecule has 0 atom stereocenters. The Morgan fingerprint density at radius 1 is 1.33 bits per heavy atom. The molecular weight excluding hydrogens is 204 g/mol. The number of aryl methyl sites for hydroxylation is 1. The van der Waals surface area contributed by atoms with Crippen LogP contribution in [-0.2, 0) is 0 Å². The van der Waals surface area contributed by atoms with Crippen LogP contribution in [0.5, 0.6) is 0 Å². The Hall–Kier alpha value is -0.410. The Morgan fingerprint density at radius 2 is 2.00 bits per heavy atom. The molecule has 1 aromatic heterocycles. The van der Waals surface area contributed by atoms with Crippen LogP contribution in [-0.4, -0.2) is 18.1 Å². The minimum Gasteiger partial charge on any atom is -0.317 e. The van der Waals surface area contributed by atoms with E-state index in [1.165, 1.54) is 28.4 Å². The largest absolute Gasteiger partial charge is 0.317 e. The number of aromatic nitrogens is 1. The zero-order valence-corrected chi connectivity index (χ0v) is 10.7. The van der Waals surface area contributed by atoms with E-state index < -0.39 is 0 Å². The molecule has 1 fully saturated rings. The second kappa shape index (κ2) is 4.62. The van der Waals surface area contributed by atoms with Gasteiger partial charge < -0.3 is 5.32 Å². The van der Waals surface area contributed by atoms with Crippen LogP contribution in [0.3, 0.4) is 0 Å².